The van der Waals surface area contributed by atoms with Crippen molar-refractivity contribution in [2.24, 2.45) is 0 Å². The van der Waals surface area contributed by atoms with Gasteiger partial charge in [0.15, 0.2) is 5.54 Å². The Balaban J connectivity index is 2.06. The number of hydrogen-bond donors (Lipinski definition) is 1. The molecule has 0 bridgehead atoms. The van der Waals surface area contributed by atoms with Crippen molar-refractivity contribution in [3.8, 4) is 5.75 Å². The summed E-state index contributed by atoms with van der Waals surface area (Å²) in [7, 11) is 3.11. The van der Waals surface area contributed by atoms with E-state index >= 15 is 0 Å². The van der Waals surface area contributed by atoms with Crippen molar-refractivity contribution < 1.29 is 14.3 Å². The zero-order chi connectivity index (χ0) is 17.9. The molecule has 0 aliphatic carbocycles. The van der Waals surface area contributed by atoms with Crippen molar-refractivity contribution >= 4 is 11.8 Å². The van der Waals surface area contributed by atoms with Gasteiger partial charge in [-0.05, 0) is 31.0 Å². The second-order valence-electron chi connectivity index (χ2n) is 5.82. The highest BCUT2D eigenvalue weighted by Gasteiger charge is 2.52. The predicted molar refractivity (Wildman–Crippen MR) is 91.0 cm³/mol. The third-order valence-corrected chi connectivity index (χ3v) is 4.53. The topological polar surface area (TPSA) is 84.4 Å². The third kappa shape index (κ3) is 2.82. The maximum atomic E-state index is 13.2. The van der Waals surface area contributed by atoms with Gasteiger partial charge in [0.2, 0.25) is 0 Å². The van der Waals surface area contributed by atoms with Gasteiger partial charge in [-0.2, -0.15) is 0 Å². The molecule has 1 fully saturated rings. The number of methoxy groups -OCH3 is 1. The summed E-state index contributed by atoms with van der Waals surface area (Å²) < 4.78 is 5.20. The van der Waals surface area contributed by atoms with Gasteiger partial charge in [0.05, 0.1) is 19.0 Å². The molecule has 3 rings (SSSR count). The quantitative estimate of drug-likeness (QED) is 0.908. The van der Waals surface area contributed by atoms with E-state index in [9.17, 15) is 9.59 Å². The number of nitrogens with one attached hydrogen (secondary N) is 1. The molecule has 7 nitrogen and oxygen atoms in total. The van der Waals surface area contributed by atoms with Crippen molar-refractivity contribution in [1.29, 1.82) is 0 Å². The largest absolute Gasteiger partial charge is 0.497 e. The number of aromatic nitrogens is 2. The number of amides is 2. The van der Waals surface area contributed by atoms with Crippen molar-refractivity contribution in [2.45, 2.75) is 18.4 Å². The molecule has 130 valence electrons. The van der Waals surface area contributed by atoms with E-state index in [1.807, 2.05) is 0 Å². The van der Waals surface area contributed by atoms with Gasteiger partial charge in [0.25, 0.3) is 11.8 Å². The molecule has 0 radical (unpaired) electrons. The van der Waals surface area contributed by atoms with Crippen LogP contribution >= 0.6 is 0 Å². The number of carbonyl (C=O) groups is 2. The minimum Gasteiger partial charge on any atom is -0.497 e. The van der Waals surface area contributed by atoms with Gasteiger partial charge < -0.3 is 15.0 Å². The number of likely N-dealkylation sites (tertiary alicyclic amines) is 1. The average Bonchev–Trinajstić information content (AvgIpc) is 3.13. The number of ether oxygens (including phenoxy) is 1. The maximum Gasteiger partial charge on any atom is 0.255 e. The molecule has 7 heteroatoms. The average molecular weight is 340 g/mol. The minimum absolute atomic E-state index is 0.231. The monoisotopic (exact) mass is 340 g/mol. The van der Waals surface area contributed by atoms with Gasteiger partial charge in [-0.3, -0.25) is 19.6 Å². The van der Waals surface area contributed by atoms with Crippen LogP contribution in [0.15, 0.2) is 42.9 Å². The lowest BCUT2D eigenvalue weighted by molar-refractivity contribution is -0.131. The summed E-state index contributed by atoms with van der Waals surface area (Å²) in [4.78, 5) is 36.0. The number of likely N-dealkylation sites (N-methyl/N-ethyl adjacent to an activating group) is 1. The first kappa shape index (κ1) is 16.9. The fraction of sp³-hybridized carbons (Fsp3) is 0.333. The number of rotatable bonds is 4. The Hall–Kier alpha value is -2.96. The molecule has 1 aliphatic heterocycles. The van der Waals surface area contributed by atoms with E-state index in [1.165, 1.54) is 6.20 Å². The molecule has 0 saturated carbocycles. The highest BCUT2D eigenvalue weighted by Crippen LogP contribution is 2.39. The minimum atomic E-state index is -1.15. The van der Waals surface area contributed by atoms with Crippen molar-refractivity contribution in [2.75, 3.05) is 20.7 Å². The van der Waals surface area contributed by atoms with Crippen LogP contribution in [0.4, 0.5) is 0 Å². The summed E-state index contributed by atoms with van der Waals surface area (Å²) in [6, 6.07) is 6.92. The molecule has 1 aliphatic rings. The summed E-state index contributed by atoms with van der Waals surface area (Å²) in [5.74, 6) is 0.0995. The normalized spacial score (nSPS) is 19.5. The Morgan fingerprint density at radius 1 is 1.32 bits per heavy atom. The van der Waals surface area contributed by atoms with E-state index in [4.69, 9.17) is 4.74 Å². The van der Waals surface area contributed by atoms with Crippen molar-refractivity contribution in [3.05, 3.63) is 54.1 Å². The molecule has 1 N–H and O–H groups in total. The number of nitrogens with zero attached hydrogens (tertiary/aromatic N) is 3. The summed E-state index contributed by atoms with van der Waals surface area (Å²) in [5.41, 5.74) is -0.204. The van der Waals surface area contributed by atoms with Crippen LogP contribution < -0.4 is 10.1 Å². The van der Waals surface area contributed by atoms with Crippen LogP contribution in [0.5, 0.6) is 5.75 Å². The number of carbonyl (C=O) groups excluding carboxylic acids is 2. The fourth-order valence-electron chi connectivity index (χ4n) is 3.34. The van der Waals surface area contributed by atoms with Crippen molar-refractivity contribution in [1.82, 2.24) is 20.2 Å². The summed E-state index contributed by atoms with van der Waals surface area (Å²) >= 11 is 0. The lowest BCUT2D eigenvalue weighted by Crippen LogP contribution is -2.54. The molecule has 0 spiro atoms. The van der Waals surface area contributed by atoms with Crippen LogP contribution in [0.1, 0.15) is 28.9 Å². The first-order valence-corrected chi connectivity index (χ1v) is 8.08. The molecule has 2 aromatic rings. The van der Waals surface area contributed by atoms with E-state index < -0.39 is 5.54 Å². The Kier molecular flexibility index (Phi) is 4.65. The summed E-state index contributed by atoms with van der Waals surface area (Å²) in [6.45, 7) is 0.472. The van der Waals surface area contributed by atoms with Gasteiger partial charge in [-0.15, -0.1) is 0 Å². The molecular weight excluding hydrogens is 320 g/mol. The number of benzene rings is 1. The standard InChI is InChI=1S/C18H20N4O3/c1-19-17(24)18(15-12-20-8-9-21-15)7-4-10-22(18)16(23)13-5-3-6-14(11-13)25-2/h3,5-6,8-9,11-12H,4,7,10H2,1-2H3,(H,19,24). The van der Waals surface area contributed by atoms with Gasteiger partial charge in [0.1, 0.15) is 5.75 Å². The second-order valence-corrected chi connectivity index (χ2v) is 5.82. The lowest BCUT2D eigenvalue weighted by atomic mass is 9.90. The molecule has 2 amide bonds. The van der Waals surface area contributed by atoms with Gasteiger partial charge >= 0.3 is 0 Å². The van der Waals surface area contributed by atoms with E-state index in [2.05, 4.69) is 15.3 Å². The van der Waals surface area contributed by atoms with Gasteiger partial charge in [-0.1, -0.05) is 6.07 Å². The highest BCUT2D eigenvalue weighted by molar-refractivity contribution is 6.00. The zero-order valence-electron chi connectivity index (χ0n) is 14.2. The molecule has 1 saturated heterocycles. The van der Waals surface area contributed by atoms with Crippen LogP contribution in [-0.4, -0.2) is 47.4 Å². The van der Waals surface area contributed by atoms with E-state index in [0.717, 1.165) is 0 Å². The Morgan fingerprint density at radius 2 is 2.16 bits per heavy atom. The van der Waals surface area contributed by atoms with Gasteiger partial charge in [-0.25, -0.2) is 0 Å². The molecule has 1 aromatic heterocycles. The molecule has 1 unspecified atom stereocenters. The molecule has 25 heavy (non-hydrogen) atoms. The summed E-state index contributed by atoms with van der Waals surface area (Å²) in [6.07, 6.45) is 5.84. The SMILES string of the molecule is CNC(=O)C1(c2cnccn2)CCCN1C(=O)c1cccc(OC)c1. The molecule has 1 aromatic carbocycles. The second kappa shape index (κ2) is 6.88. The molecule has 2 heterocycles. The molecular formula is C18H20N4O3. The zero-order valence-corrected chi connectivity index (χ0v) is 14.2. The lowest BCUT2D eigenvalue weighted by Gasteiger charge is -2.36. The maximum absolute atomic E-state index is 13.2. The predicted octanol–water partition coefficient (Wildman–Crippen LogP) is 1.36. The third-order valence-electron chi connectivity index (χ3n) is 4.53. The Morgan fingerprint density at radius 3 is 2.84 bits per heavy atom. The number of hydrogen-bond acceptors (Lipinski definition) is 5. The van der Waals surface area contributed by atoms with Crippen LogP contribution in [0.25, 0.3) is 0 Å². The fourth-order valence-corrected chi connectivity index (χ4v) is 3.34. The molecule has 1 atom stereocenters. The highest BCUT2D eigenvalue weighted by atomic mass is 16.5. The summed E-state index contributed by atoms with van der Waals surface area (Å²) in [5, 5.41) is 2.68. The van der Waals surface area contributed by atoms with Crippen LogP contribution in [0, 0.1) is 0 Å². The first-order valence-electron chi connectivity index (χ1n) is 8.08. The van der Waals surface area contributed by atoms with E-state index in [1.54, 1.807) is 55.7 Å². The van der Waals surface area contributed by atoms with E-state index in [0.29, 0.717) is 36.4 Å². The van der Waals surface area contributed by atoms with Gasteiger partial charge in [0, 0.05) is 31.5 Å². The smallest absolute Gasteiger partial charge is 0.255 e. The Bertz CT molecular complexity index is 781. The van der Waals surface area contributed by atoms with Crippen molar-refractivity contribution in [3.63, 3.8) is 0 Å². The van der Waals surface area contributed by atoms with Crippen LogP contribution in [0.2, 0.25) is 0 Å². The Labute approximate surface area is 146 Å². The van der Waals surface area contributed by atoms with Crippen LogP contribution in [0.3, 0.4) is 0 Å². The first-order chi connectivity index (χ1) is 12.1. The van der Waals surface area contributed by atoms with E-state index in [-0.39, 0.29) is 11.8 Å². The van der Waals surface area contributed by atoms with Crippen LogP contribution in [-0.2, 0) is 10.3 Å².